The summed E-state index contributed by atoms with van der Waals surface area (Å²) in [7, 11) is 0. The fourth-order valence-corrected chi connectivity index (χ4v) is 1.15. The number of rotatable bonds is 6. The van der Waals surface area contributed by atoms with Gasteiger partial charge in [-0.2, -0.15) is 0 Å². The monoisotopic (exact) mass is 219 g/mol. The van der Waals surface area contributed by atoms with Gasteiger partial charge >= 0.3 is 6.09 Å². The summed E-state index contributed by atoms with van der Waals surface area (Å²) in [5, 5.41) is 2.43. The molecule has 1 unspecified atom stereocenters. The quantitative estimate of drug-likeness (QED) is 0.745. The van der Waals surface area contributed by atoms with Crippen molar-refractivity contribution in [2.24, 2.45) is 0 Å². The van der Waals surface area contributed by atoms with Crippen molar-refractivity contribution in [3.63, 3.8) is 0 Å². The van der Waals surface area contributed by atoms with Crippen molar-refractivity contribution in [1.29, 1.82) is 0 Å². The lowest BCUT2D eigenvalue weighted by Crippen LogP contribution is -2.38. The third-order valence-electron chi connectivity index (χ3n) is 2.00. The van der Waals surface area contributed by atoms with E-state index in [0.717, 1.165) is 12.8 Å². The van der Waals surface area contributed by atoms with Gasteiger partial charge in [0.2, 0.25) is 0 Å². The summed E-state index contributed by atoms with van der Waals surface area (Å²) in [6.07, 6.45) is 1.52. The summed E-state index contributed by atoms with van der Waals surface area (Å²) >= 11 is 0. The van der Waals surface area contributed by atoms with E-state index in [4.69, 9.17) is 4.74 Å². The van der Waals surface area contributed by atoms with Crippen LogP contribution in [0.15, 0.2) is 0 Å². The van der Waals surface area contributed by atoms with Crippen molar-refractivity contribution >= 4 is 6.09 Å². The summed E-state index contributed by atoms with van der Waals surface area (Å²) in [5.41, 5.74) is -1.34. The topological polar surface area (TPSA) is 38.3 Å². The number of alkyl halides is 1. The second-order valence-electron chi connectivity index (χ2n) is 4.32. The Balaban J connectivity index is 3.77. The molecule has 4 heteroatoms. The first-order chi connectivity index (χ1) is 6.87. The fraction of sp³-hybridized carbons (Fsp3) is 0.909. The van der Waals surface area contributed by atoms with Crippen LogP contribution in [0.5, 0.6) is 0 Å². The van der Waals surface area contributed by atoms with Crippen molar-refractivity contribution in [3.05, 3.63) is 0 Å². The summed E-state index contributed by atoms with van der Waals surface area (Å²) in [5.74, 6) is 0. The molecule has 1 N–H and O–H groups in total. The molecule has 0 fully saturated rings. The molecule has 0 aliphatic carbocycles. The molecule has 0 aliphatic heterocycles. The van der Waals surface area contributed by atoms with E-state index in [9.17, 15) is 9.18 Å². The van der Waals surface area contributed by atoms with Crippen molar-refractivity contribution in [2.45, 2.75) is 58.7 Å². The van der Waals surface area contributed by atoms with Gasteiger partial charge in [-0.1, -0.05) is 19.8 Å². The van der Waals surface area contributed by atoms with E-state index in [1.165, 1.54) is 6.92 Å². The fourth-order valence-electron chi connectivity index (χ4n) is 1.15. The van der Waals surface area contributed by atoms with Crippen molar-refractivity contribution in [2.75, 3.05) is 6.54 Å². The number of hydrogen-bond donors (Lipinski definition) is 1. The number of carbonyl (C=O) groups is 1. The first-order valence-electron chi connectivity index (χ1n) is 5.51. The molecule has 1 atom stereocenters. The minimum absolute atomic E-state index is 0.0125. The van der Waals surface area contributed by atoms with Crippen LogP contribution in [0.1, 0.15) is 47.0 Å². The Morgan fingerprint density at radius 2 is 2.13 bits per heavy atom. The first kappa shape index (κ1) is 14.2. The number of alkyl carbamates (subject to hydrolysis) is 1. The van der Waals surface area contributed by atoms with Crippen LogP contribution in [0.3, 0.4) is 0 Å². The summed E-state index contributed by atoms with van der Waals surface area (Å²) in [4.78, 5) is 11.1. The Bertz CT molecular complexity index is 193. The average molecular weight is 219 g/mol. The zero-order chi connectivity index (χ0) is 11.9. The lowest BCUT2D eigenvalue weighted by atomic mass is 10.0. The highest BCUT2D eigenvalue weighted by Gasteiger charge is 2.23. The molecule has 90 valence electrons. The maximum Gasteiger partial charge on any atom is 0.407 e. The van der Waals surface area contributed by atoms with Crippen LogP contribution in [0, 0.1) is 0 Å². The predicted octanol–water partition coefficient (Wildman–Crippen LogP) is 3.04. The molecular weight excluding hydrogens is 197 g/mol. The molecule has 0 aromatic rings. The lowest BCUT2D eigenvalue weighted by molar-refractivity contribution is 0.103. The van der Waals surface area contributed by atoms with Crippen LogP contribution < -0.4 is 5.32 Å². The Morgan fingerprint density at radius 3 is 2.60 bits per heavy atom. The van der Waals surface area contributed by atoms with E-state index >= 15 is 0 Å². The molecule has 0 aromatic heterocycles. The van der Waals surface area contributed by atoms with E-state index in [0.29, 0.717) is 6.42 Å². The minimum Gasteiger partial charge on any atom is -0.447 e. The van der Waals surface area contributed by atoms with Crippen molar-refractivity contribution in [3.8, 4) is 0 Å². The normalized spacial score (nSPS) is 14.8. The van der Waals surface area contributed by atoms with E-state index in [1.807, 2.05) is 6.92 Å². The largest absolute Gasteiger partial charge is 0.447 e. The Labute approximate surface area is 91.4 Å². The van der Waals surface area contributed by atoms with Gasteiger partial charge in [0.15, 0.2) is 0 Å². The minimum atomic E-state index is -1.34. The van der Waals surface area contributed by atoms with Gasteiger partial charge in [-0.25, -0.2) is 9.18 Å². The first-order valence-corrected chi connectivity index (χ1v) is 5.51. The van der Waals surface area contributed by atoms with Gasteiger partial charge in [-0.05, 0) is 27.2 Å². The van der Waals surface area contributed by atoms with E-state index in [-0.39, 0.29) is 12.6 Å². The molecule has 0 aromatic carbocycles. The summed E-state index contributed by atoms with van der Waals surface area (Å²) in [6.45, 7) is 7.03. The van der Waals surface area contributed by atoms with Crippen LogP contribution in [0.4, 0.5) is 9.18 Å². The lowest BCUT2D eigenvalue weighted by Gasteiger charge is -2.20. The number of carbonyl (C=O) groups excluding carboxylic acids is 1. The van der Waals surface area contributed by atoms with E-state index < -0.39 is 11.8 Å². The van der Waals surface area contributed by atoms with Crippen LogP contribution in [-0.2, 0) is 4.74 Å². The van der Waals surface area contributed by atoms with Gasteiger partial charge in [0.1, 0.15) is 5.67 Å². The number of ether oxygens (including phenoxy) is 1. The molecule has 0 saturated carbocycles. The smallest absolute Gasteiger partial charge is 0.407 e. The predicted molar refractivity (Wildman–Crippen MR) is 58.7 cm³/mol. The van der Waals surface area contributed by atoms with Gasteiger partial charge in [0, 0.05) is 0 Å². The molecule has 1 amide bonds. The Hall–Kier alpha value is -0.800. The number of hydrogen-bond acceptors (Lipinski definition) is 2. The van der Waals surface area contributed by atoms with Gasteiger partial charge in [0.05, 0.1) is 12.6 Å². The standard InChI is InChI=1S/C11H22FNO2/c1-5-6-7-11(4,12)8-13-10(14)15-9(2)3/h9H,5-8H2,1-4H3,(H,13,14). The molecule has 15 heavy (non-hydrogen) atoms. The molecule has 0 heterocycles. The number of nitrogens with one attached hydrogen (secondary N) is 1. The van der Waals surface area contributed by atoms with E-state index in [1.54, 1.807) is 13.8 Å². The van der Waals surface area contributed by atoms with Gasteiger partial charge in [-0.3, -0.25) is 0 Å². The van der Waals surface area contributed by atoms with Gasteiger partial charge in [-0.15, -0.1) is 0 Å². The van der Waals surface area contributed by atoms with Crippen LogP contribution in [0.2, 0.25) is 0 Å². The average Bonchev–Trinajstić information content (AvgIpc) is 2.11. The highest BCUT2D eigenvalue weighted by Crippen LogP contribution is 2.17. The maximum atomic E-state index is 13.7. The Kier molecular flexibility index (Phi) is 6.29. The van der Waals surface area contributed by atoms with E-state index in [2.05, 4.69) is 5.32 Å². The maximum absolute atomic E-state index is 13.7. The third-order valence-corrected chi connectivity index (χ3v) is 2.00. The van der Waals surface area contributed by atoms with Gasteiger partial charge in [0.25, 0.3) is 0 Å². The highest BCUT2D eigenvalue weighted by molar-refractivity contribution is 5.67. The SMILES string of the molecule is CCCCC(C)(F)CNC(=O)OC(C)C. The molecule has 3 nitrogen and oxygen atoms in total. The molecule has 0 saturated heterocycles. The van der Waals surface area contributed by atoms with Crippen molar-refractivity contribution < 1.29 is 13.9 Å². The second-order valence-corrected chi connectivity index (χ2v) is 4.32. The second kappa shape index (κ2) is 6.64. The van der Waals surface area contributed by atoms with Crippen LogP contribution >= 0.6 is 0 Å². The Morgan fingerprint density at radius 1 is 1.53 bits per heavy atom. The zero-order valence-electron chi connectivity index (χ0n) is 10.1. The molecule has 0 radical (unpaired) electrons. The molecule has 0 aliphatic rings. The van der Waals surface area contributed by atoms with Crippen LogP contribution in [-0.4, -0.2) is 24.4 Å². The summed E-state index contributed by atoms with van der Waals surface area (Å²) in [6, 6.07) is 0. The zero-order valence-corrected chi connectivity index (χ0v) is 10.1. The summed E-state index contributed by atoms with van der Waals surface area (Å²) < 4.78 is 18.5. The molecule has 0 spiro atoms. The molecular formula is C11H22FNO2. The molecule has 0 bridgehead atoms. The number of halogens is 1. The van der Waals surface area contributed by atoms with Crippen molar-refractivity contribution in [1.82, 2.24) is 5.32 Å². The molecule has 0 rings (SSSR count). The number of amides is 1. The van der Waals surface area contributed by atoms with Gasteiger partial charge < -0.3 is 10.1 Å². The third kappa shape index (κ3) is 8.21. The van der Waals surface area contributed by atoms with Crippen LogP contribution in [0.25, 0.3) is 0 Å². The number of unbranched alkanes of at least 4 members (excludes halogenated alkanes) is 1. The highest BCUT2D eigenvalue weighted by atomic mass is 19.1.